The van der Waals surface area contributed by atoms with Crippen molar-refractivity contribution in [2.24, 2.45) is 0 Å². The Bertz CT molecular complexity index is 109. The molecule has 0 aliphatic heterocycles. The highest BCUT2D eigenvalue weighted by Gasteiger charge is 2.22. The molecule has 0 atom stereocenters. The van der Waals surface area contributed by atoms with Crippen LogP contribution in [-0.2, 0) is 0 Å². The molecule has 3 N–H and O–H groups in total. The first-order valence-corrected chi connectivity index (χ1v) is 3.79. The van der Waals surface area contributed by atoms with E-state index in [1.807, 2.05) is 0 Å². The van der Waals surface area contributed by atoms with Crippen molar-refractivity contribution in [1.29, 1.82) is 0 Å². The molecule has 0 aromatic carbocycles. The molecule has 0 heterocycles. The van der Waals surface area contributed by atoms with Crippen LogP contribution in [0.1, 0.15) is 12.8 Å². The van der Waals surface area contributed by atoms with E-state index in [1.165, 1.54) is 0 Å². The van der Waals surface area contributed by atoms with Crippen LogP contribution >= 0.6 is 0 Å². The third-order valence-corrected chi connectivity index (χ3v) is 2.00. The van der Waals surface area contributed by atoms with E-state index in [0.29, 0.717) is 12.8 Å². The molecule has 0 fully saturated rings. The third-order valence-electron chi connectivity index (χ3n) is 2.00. The van der Waals surface area contributed by atoms with Crippen molar-refractivity contribution in [3.05, 3.63) is 12.7 Å². The van der Waals surface area contributed by atoms with Gasteiger partial charge in [0, 0.05) is 18.8 Å². The summed E-state index contributed by atoms with van der Waals surface area (Å²) in [7, 11) is 1.80. The Hall–Kier alpha value is -0.380. The van der Waals surface area contributed by atoms with E-state index in [4.69, 9.17) is 10.2 Å². The summed E-state index contributed by atoms with van der Waals surface area (Å²) in [5.74, 6) is 0. The number of rotatable bonds is 6. The zero-order valence-electron chi connectivity index (χ0n) is 7.01. The van der Waals surface area contributed by atoms with Crippen LogP contribution in [0.2, 0.25) is 0 Å². The smallest absolute Gasteiger partial charge is 0.0451 e. The Morgan fingerprint density at radius 2 is 1.82 bits per heavy atom. The molecule has 0 aromatic rings. The summed E-state index contributed by atoms with van der Waals surface area (Å²) >= 11 is 0. The number of hydrogen-bond donors (Lipinski definition) is 3. The van der Waals surface area contributed by atoms with E-state index in [2.05, 4.69) is 11.9 Å². The van der Waals surface area contributed by atoms with Gasteiger partial charge in [0.25, 0.3) is 0 Å². The summed E-state index contributed by atoms with van der Waals surface area (Å²) in [5, 5.41) is 20.5. The molecule has 66 valence electrons. The summed E-state index contributed by atoms with van der Waals surface area (Å²) in [6.45, 7) is 3.86. The SMILES string of the molecule is C=CC(CCO)(CCO)NC. The first-order valence-electron chi connectivity index (χ1n) is 3.79. The molecule has 0 aliphatic rings. The monoisotopic (exact) mass is 159 g/mol. The minimum absolute atomic E-state index is 0.104. The highest BCUT2D eigenvalue weighted by Crippen LogP contribution is 2.14. The van der Waals surface area contributed by atoms with Crippen LogP contribution in [0.3, 0.4) is 0 Å². The molecule has 0 aliphatic carbocycles. The van der Waals surface area contributed by atoms with Crippen molar-refractivity contribution >= 4 is 0 Å². The summed E-state index contributed by atoms with van der Waals surface area (Å²) in [4.78, 5) is 0. The van der Waals surface area contributed by atoms with Gasteiger partial charge < -0.3 is 15.5 Å². The lowest BCUT2D eigenvalue weighted by molar-refractivity contribution is 0.199. The molecular formula is C8H17NO2. The third kappa shape index (κ3) is 3.01. The molecular weight excluding hydrogens is 142 g/mol. The van der Waals surface area contributed by atoms with Crippen LogP contribution in [0.15, 0.2) is 12.7 Å². The van der Waals surface area contributed by atoms with Gasteiger partial charge in [0.15, 0.2) is 0 Å². The van der Waals surface area contributed by atoms with Crippen LogP contribution in [0.4, 0.5) is 0 Å². The Morgan fingerprint density at radius 1 is 1.36 bits per heavy atom. The first-order chi connectivity index (χ1) is 5.24. The van der Waals surface area contributed by atoms with Gasteiger partial charge in [0.1, 0.15) is 0 Å². The average Bonchev–Trinajstić information content (AvgIpc) is 2.04. The van der Waals surface area contributed by atoms with Crippen molar-refractivity contribution in [3.8, 4) is 0 Å². The maximum Gasteiger partial charge on any atom is 0.0451 e. The number of nitrogens with one attached hydrogen (secondary N) is 1. The zero-order valence-corrected chi connectivity index (χ0v) is 7.01. The lowest BCUT2D eigenvalue weighted by atomic mass is 9.92. The summed E-state index contributed by atoms with van der Waals surface area (Å²) in [6, 6.07) is 0. The van der Waals surface area contributed by atoms with E-state index < -0.39 is 0 Å². The summed E-state index contributed by atoms with van der Waals surface area (Å²) in [6.07, 6.45) is 2.92. The number of hydrogen-bond acceptors (Lipinski definition) is 3. The predicted molar refractivity (Wildman–Crippen MR) is 45.4 cm³/mol. The van der Waals surface area contributed by atoms with Crippen molar-refractivity contribution < 1.29 is 10.2 Å². The molecule has 0 unspecified atom stereocenters. The van der Waals surface area contributed by atoms with Gasteiger partial charge >= 0.3 is 0 Å². The van der Waals surface area contributed by atoms with Gasteiger partial charge in [-0.3, -0.25) is 0 Å². The second kappa shape index (κ2) is 5.29. The van der Waals surface area contributed by atoms with Crippen LogP contribution in [0, 0.1) is 0 Å². The number of aliphatic hydroxyl groups excluding tert-OH is 2. The Labute approximate surface area is 67.7 Å². The van der Waals surface area contributed by atoms with Gasteiger partial charge in [-0.15, -0.1) is 6.58 Å². The van der Waals surface area contributed by atoms with Crippen molar-refractivity contribution in [3.63, 3.8) is 0 Å². The van der Waals surface area contributed by atoms with Crippen molar-refractivity contribution in [1.82, 2.24) is 5.32 Å². The molecule has 0 spiro atoms. The lowest BCUT2D eigenvalue weighted by Gasteiger charge is -2.28. The summed E-state index contributed by atoms with van der Waals surface area (Å²) in [5.41, 5.74) is -0.302. The van der Waals surface area contributed by atoms with Gasteiger partial charge in [-0.25, -0.2) is 0 Å². The van der Waals surface area contributed by atoms with E-state index in [-0.39, 0.29) is 18.8 Å². The fraction of sp³-hybridized carbons (Fsp3) is 0.750. The Kier molecular flexibility index (Phi) is 5.11. The van der Waals surface area contributed by atoms with Crippen LogP contribution in [0.5, 0.6) is 0 Å². The van der Waals surface area contributed by atoms with Gasteiger partial charge in [0.05, 0.1) is 0 Å². The van der Waals surface area contributed by atoms with E-state index in [9.17, 15) is 0 Å². The molecule has 0 saturated heterocycles. The molecule has 0 rings (SSSR count). The normalized spacial score (nSPS) is 11.5. The molecule has 0 bridgehead atoms. The molecule has 0 saturated carbocycles. The summed E-state index contributed by atoms with van der Waals surface area (Å²) < 4.78 is 0. The standard InChI is InChI=1S/C8H17NO2/c1-3-8(9-2,4-6-10)5-7-11/h3,9-11H,1,4-7H2,2H3. The van der Waals surface area contributed by atoms with Gasteiger partial charge in [-0.05, 0) is 19.9 Å². The van der Waals surface area contributed by atoms with E-state index >= 15 is 0 Å². The van der Waals surface area contributed by atoms with E-state index in [0.717, 1.165) is 0 Å². The topological polar surface area (TPSA) is 52.5 Å². The minimum Gasteiger partial charge on any atom is -0.396 e. The van der Waals surface area contributed by atoms with E-state index in [1.54, 1.807) is 13.1 Å². The van der Waals surface area contributed by atoms with Crippen LogP contribution in [0.25, 0.3) is 0 Å². The predicted octanol–water partition coefficient (Wildman–Crippen LogP) is -0.105. The molecule has 11 heavy (non-hydrogen) atoms. The first kappa shape index (κ1) is 10.6. The van der Waals surface area contributed by atoms with Gasteiger partial charge in [-0.1, -0.05) is 6.08 Å². The highest BCUT2D eigenvalue weighted by atomic mass is 16.3. The average molecular weight is 159 g/mol. The minimum atomic E-state index is -0.302. The number of likely N-dealkylation sites (N-methyl/N-ethyl adjacent to an activating group) is 1. The van der Waals surface area contributed by atoms with Crippen LogP contribution < -0.4 is 5.32 Å². The quantitative estimate of drug-likeness (QED) is 0.474. The maximum absolute atomic E-state index is 8.72. The fourth-order valence-electron chi connectivity index (χ4n) is 1.08. The maximum atomic E-state index is 8.72. The van der Waals surface area contributed by atoms with Crippen molar-refractivity contribution in [2.75, 3.05) is 20.3 Å². The molecule has 3 heteroatoms. The lowest BCUT2D eigenvalue weighted by Crippen LogP contribution is -2.42. The highest BCUT2D eigenvalue weighted by molar-refractivity contribution is 5.01. The molecule has 0 aromatic heterocycles. The van der Waals surface area contributed by atoms with Crippen molar-refractivity contribution in [2.45, 2.75) is 18.4 Å². The molecule has 0 amide bonds. The largest absolute Gasteiger partial charge is 0.396 e. The Balaban J connectivity index is 4.07. The Morgan fingerprint density at radius 3 is 2.00 bits per heavy atom. The van der Waals surface area contributed by atoms with Crippen LogP contribution in [-0.4, -0.2) is 36.0 Å². The molecule has 3 nitrogen and oxygen atoms in total. The zero-order chi connectivity index (χ0) is 8.74. The second-order valence-electron chi connectivity index (χ2n) is 2.56. The molecule has 0 radical (unpaired) electrons. The van der Waals surface area contributed by atoms with Gasteiger partial charge in [0.2, 0.25) is 0 Å². The van der Waals surface area contributed by atoms with Gasteiger partial charge in [-0.2, -0.15) is 0 Å². The fourth-order valence-corrected chi connectivity index (χ4v) is 1.08. The number of aliphatic hydroxyl groups is 2. The second-order valence-corrected chi connectivity index (χ2v) is 2.56.